The molecule has 3 aromatic rings. The zero-order valence-electron chi connectivity index (χ0n) is 17.2. The van der Waals surface area contributed by atoms with Gasteiger partial charge in [-0.25, -0.2) is 9.59 Å². The van der Waals surface area contributed by atoms with Crippen LogP contribution in [0.15, 0.2) is 88.9 Å². The lowest BCUT2D eigenvalue weighted by atomic mass is 9.87. The molecule has 8 heteroatoms. The quantitative estimate of drug-likeness (QED) is 0.407. The molecule has 0 saturated heterocycles. The van der Waals surface area contributed by atoms with E-state index in [9.17, 15) is 14.4 Å². The van der Waals surface area contributed by atoms with E-state index >= 15 is 0 Å². The molecule has 1 aliphatic rings. The highest BCUT2D eigenvalue weighted by Crippen LogP contribution is 2.38. The van der Waals surface area contributed by atoms with Gasteiger partial charge in [-0.1, -0.05) is 76.6 Å². The Morgan fingerprint density at radius 3 is 2.30 bits per heavy atom. The lowest BCUT2D eigenvalue weighted by Gasteiger charge is -2.31. The molecule has 1 aliphatic heterocycles. The van der Waals surface area contributed by atoms with Crippen LogP contribution in [0.3, 0.4) is 0 Å². The second kappa shape index (κ2) is 9.70. The molecule has 0 bridgehead atoms. The summed E-state index contributed by atoms with van der Waals surface area (Å²) < 4.78 is 6.17. The minimum Gasteiger partial charge on any atom is -0.482 e. The number of Topliss-reactive ketones (excluding diaryl/α,β-unsaturated/α-hetero) is 1. The molecule has 0 aliphatic carbocycles. The molecule has 1 heterocycles. The number of halogens is 1. The number of urea groups is 1. The molecule has 3 aromatic carbocycles. The maximum absolute atomic E-state index is 13.7. The van der Waals surface area contributed by atoms with Gasteiger partial charge in [-0.3, -0.25) is 4.79 Å². The van der Waals surface area contributed by atoms with Gasteiger partial charge in [0.05, 0.1) is 17.3 Å². The number of ether oxygens (including phenoxy) is 1. The van der Waals surface area contributed by atoms with Gasteiger partial charge in [-0.05, 0) is 23.8 Å². The summed E-state index contributed by atoms with van der Waals surface area (Å²) in [4.78, 5) is 37.5. The van der Waals surface area contributed by atoms with Crippen LogP contribution in [0.5, 0.6) is 5.75 Å². The first-order chi connectivity index (χ1) is 15.9. The summed E-state index contributed by atoms with van der Waals surface area (Å²) in [6.07, 6.45) is 0. The predicted molar refractivity (Wildman–Crippen MR) is 126 cm³/mol. The monoisotopic (exact) mass is 506 g/mol. The summed E-state index contributed by atoms with van der Waals surface area (Å²) in [7, 11) is 0. The second-order valence-electron chi connectivity index (χ2n) is 7.25. The number of carboxylic acids is 1. The molecule has 2 amide bonds. The van der Waals surface area contributed by atoms with Crippen molar-refractivity contribution in [3.63, 3.8) is 0 Å². The van der Waals surface area contributed by atoms with Gasteiger partial charge in [-0.2, -0.15) is 0 Å². The Hall–Kier alpha value is -3.91. The molecule has 0 unspecified atom stereocenters. The van der Waals surface area contributed by atoms with Gasteiger partial charge in [0.25, 0.3) is 0 Å². The predicted octanol–water partition coefficient (Wildman–Crippen LogP) is 4.56. The molecule has 4 rings (SSSR count). The summed E-state index contributed by atoms with van der Waals surface area (Å²) in [5.41, 5.74) is 2.26. The molecule has 0 aromatic heterocycles. The van der Waals surface area contributed by atoms with Crippen LogP contribution in [0.4, 0.5) is 4.79 Å². The number of carbonyl (C=O) groups is 3. The van der Waals surface area contributed by atoms with Crippen LogP contribution in [0.2, 0.25) is 0 Å². The molecule has 1 atom stereocenters. The van der Waals surface area contributed by atoms with Crippen molar-refractivity contribution in [3.05, 3.63) is 106 Å². The Morgan fingerprint density at radius 2 is 1.64 bits per heavy atom. The number of hydrogen-bond donors (Lipinski definition) is 3. The van der Waals surface area contributed by atoms with Crippen LogP contribution < -0.4 is 15.4 Å². The number of hydrogen-bond acceptors (Lipinski definition) is 4. The maximum Gasteiger partial charge on any atom is 0.341 e. The Kier molecular flexibility index (Phi) is 6.55. The minimum absolute atomic E-state index is 0.249. The van der Waals surface area contributed by atoms with E-state index < -0.39 is 24.6 Å². The van der Waals surface area contributed by atoms with E-state index in [1.54, 1.807) is 54.6 Å². The first-order valence-electron chi connectivity index (χ1n) is 10.0. The van der Waals surface area contributed by atoms with Gasteiger partial charge in [0.1, 0.15) is 5.75 Å². The number of ketones is 1. The summed E-state index contributed by atoms with van der Waals surface area (Å²) >= 11 is 3.42. The van der Waals surface area contributed by atoms with Crippen molar-refractivity contribution in [1.82, 2.24) is 10.6 Å². The molecule has 0 spiro atoms. The van der Waals surface area contributed by atoms with Crippen LogP contribution in [-0.4, -0.2) is 29.5 Å². The molecule has 166 valence electrons. The van der Waals surface area contributed by atoms with Crippen LogP contribution in [0, 0.1) is 0 Å². The average molecular weight is 507 g/mol. The fourth-order valence-electron chi connectivity index (χ4n) is 3.64. The molecular formula is C25H19BrN2O5. The number of carbonyl (C=O) groups excluding carboxylic acids is 2. The van der Waals surface area contributed by atoms with Gasteiger partial charge in [0, 0.05) is 15.6 Å². The normalized spacial score (nSPS) is 15.4. The topological polar surface area (TPSA) is 105 Å². The summed E-state index contributed by atoms with van der Waals surface area (Å²) in [5.74, 6) is -1.17. The minimum atomic E-state index is -1.14. The van der Waals surface area contributed by atoms with Crippen LogP contribution in [0.25, 0.3) is 5.70 Å². The third-order valence-corrected chi connectivity index (χ3v) is 5.54. The highest BCUT2D eigenvalue weighted by molar-refractivity contribution is 9.10. The standard InChI is InChI=1S/C25H19BrN2O5/c26-17-11-12-19(33-14-20(29)30)18(13-17)23-21(24(31)16-9-5-2-6-10-16)22(27-25(32)28-23)15-7-3-1-4-8-15/h1-13,23H,14H2,(H,29,30)(H2,27,28,32)/t23-/m0/s1. The fraction of sp³-hybridized carbons (Fsp3) is 0.0800. The average Bonchev–Trinajstić information content (AvgIpc) is 2.83. The molecular weight excluding hydrogens is 488 g/mol. The first-order valence-corrected chi connectivity index (χ1v) is 10.8. The van der Waals surface area contributed by atoms with Gasteiger partial charge in [0.15, 0.2) is 12.4 Å². The third kappa shape index (κ3) is 4.96. The van der Waals surface area contributed by atoms with Crippen LogP contribution in [0.1, 0.15) is 27.5 Å². The summed E-state index contributed by atoms with van der Waals surface area (Å²) in [5, 5.41) is 14.7. The van der Waals surface area contributed by atoms with Crippen molar-refractivity contribution in [2.75, 3.05) is 6.61 Å². The largest absolute Gasteiger partial charge is 0.482 e. The fourth-order valence-corrected chi connectivity index (χ4v) is 4.01. The Morgan fingerprint density at radius 1 is 0.970 bits per heavy atom. The van der Waals surface area contributed by atoms with Crippen molar-refractivity contribution in [2.45, 2.75) is 6.04 Å². The van der Waals surface area contributed by atoms with E-state index in [-0.39, 0.29) is 11.5 Å². The van der Waals surface area contributed by atoms with E-state index in [2.05, 4.69) is 26.6 Å². The first kappa shape index (κ1) is 22.3. The third-order valence-electron chi connectivity index (χ3n) is 5.05. The summed E-state index contributed by atoms with van der Waals surface area (Å²) in [6, 6.07) is 21.5. The second-order valence-corrected chi connectivity index (χ2v) is 8.16. The molecule has 0 radical (unpaired) electrons. The zero-order chi connectivity index (χ0) is 23.4. The van der Waals surface area contributed by atoms with E-state index in [0.29, 0.717) is 32.4 Å². The number of aliphatic carboxylic acids is 1. The van der Waals surface area contributed by atoms with Gasteiger partial charge < -0.3 is 20.5 Å². The number of nitrogens with one attached hydrogen (secondary N) is 2. The Labute approximate surface area is 198 Å². The lowest BCUT2D eigenvalue weighted by Crippen LogP contribution is -2.45. The van der Waals surface area contributed by atoms with Gasteiger partial charge >= 0.3 is 12.0 Å². The summed E-state index contributed by atoms with van der Waals surface area (Å²) in [6.45, 7) is -0.565. The van der Waals surface area contributed by atoms with Gasteiger partial charge in [0.2, 0.25) is 0 Å². The molecule has 3 N–H and O–H groups in total. The lowest BCUT2D eigenvalue weighted by molar-refractivity contribution is -0.139. The highest BCUT2D eigenvalue weighted by Gasteiger charge is 2.35. The SMILES string of the molecule is O=C(O)COc1ccc(Br)cc1[C@@H]1NC(=O)NC(c2ccccc2)=C1C(=O)c1ccccc1. The maximum atomic E-state index is 13.7. The Balaban J connectivity index is 1.93. The molecule has 33 heavy (non-hydrogen) atoms. The van der Waals surface area contributed by atoms with E-state index in [4.69, 9.17) is 9.84 Å². The van der Waals surface area contributed by atoms with E-state index in [1.165, 1.54) is 0 Å². The molecule has 0 fully saturated rings. The van der Waals surface area contributed by atoms with Crippen LogP contribution >= 0.6 is 15.9 Å². The van der Waals surface area contributed by atoms with E-state index in [1.807, 2.05) is 24.3 Å². The zero-order valence-corrected chi connectivity index (χ0v) is 18.8. The van der Waals surface area contributed by atoms with Crippen molar-refractivity contribution >= 4 is 39.4 Å². The van der Waals surface area contributed by atoms with Crippen molar-refractivity contribution < 1.29 is 24.2 Å². The van der Waals surface area contributed by atoms with E-state index in [0.717, 1.165) is 0 Å². The smallest absolute Gasteiger partial charge is 0.341 e. The van der Waals surface area contributed by atoms with Crippen molar-refractivity contribution in [2.24, 2.45) is 0 Å². The Bertz CT molecular complexity index is 1240. The van der Waals surface area contributed by atoms with Crippen molar-refractivity contribution in [3.8, 4) is 5.75 Å². The number of rotatable bonds is 7. The number of carboxylic acid groups (broad SMARTS) is 1. The van der Waals surface area contributed by atoms with Gasteiger partial charge in [-0.15, -0.1) is 0 Å². The van der Waals surface area contributed by atoms with Crippen molar-refractivity contribution in [1.29, 1.82) is 0 Å². The molecule has 7 nitrogen and oxygen atoms in total. The molecule has 0 saturated carbocycles. The number of benzene rings is 3. The number of amides is 2. The highest BCUT2D eigenvalue weighted by atomic mass is 79.9. The van der Waals surface area contributed by atoms with Crippen LogP contribution in [-0.2, 0) is 4.79 Å².